The highest BCUT2D eigenvalue weighted by atomic mass is 32.3. The summed E-state index contributed by atoms with van der Waals surface area (Å²) >= 11 is 0. The summed E-state index contributed by atoms with van der Waals surface area (Å²) in [5, 5.41) is 56.3. The number of benzene rings is 3. The molecule has 0 aliphatic carbocycles. The Kier molecular flexibility index (Phi) is 22.2. The van der Waals surface area contributed by atoms with Gasteiger partial charge in [-0.2, -0.15) is 8.42 Å². The number of carbonyl (C=O) groups is 9. The Morgan fingerprint density at radius 2 is 1.38 bits per heavy atom. The molecular weight excluding hydrogens is 1070 g/mol. The van der Waals surface area contributed by atoms with Gasteiger partial charge >= 0.3 is 16.4 Å². The van der Waals surface area contributed by atoms with Crippen LogP contribution in [0.2, 0.25) is 0 Å². The summed E-state index contributed by atoms with van der Waals surface area (Å²) in [5.41, 5.74) is 1.11. The fraction of sp³-hybridized carbons (Fsp3) is 0.453. The molecule has 2 aliphatic rings. The monoisotopic (exact) mass is 1140 g/mol. The van der Waals surface area contributed by atoms with Gasteiger partial charge in [-0.1, -0.05) is 74.5 Å². The second kappa shape index (κ2) is 28.3. The third kappa shape index (κ3) is 17.5. The van der Waals surface area contributed by atoms with E-state index in [0.29, 0.717) is 16.7 Å². The highest BCUT2D eigenvalue weighted by molar-refractivity contribution is 7.80. The van der Waals surface area contributed by atoms with Gasteiger partial charge in [-0.25, -0.2) is 8.98 Å². The number of carbonyl (C=O) groups excluding carboxylic acids is 9. The molecule has 0 spiro atoms. The van der Waals surface area contributed by atoms with Crippen molar-refractivity contribution in [3.8, 4) is 11.5 Å². The van der Waals surface area contributed by atoms with Crippen LogP contribution in [0, 0.1) is 5.92 Å². The van der Waals surface area contributed by atoms with E-state index in [-0.39, 0.29) is 50.0 Å². The molecule has 2 aliphatic heterocycles. The van der Waals surface area contributed by atoms with Gasteiger partial charge in [0.1, 0.15) is 78.4 Å². The topological polar surface area (TPSA) is 386 Å². The first-order valence-electron chi connectivity index (χ1n) is 25.5. The van der Waals surface area contributed by atoms with Crippen LogP contribution < -0.4 is 31.9 Å². The number of cyclic esters (lactones) is 1. The van der Waals surface area contributed by atoms with Crippen LogP contribution in [0.25, 0.3) is 0 Å². The van der Waals surface area contributed by atoms with Crippen molar-refractivity contribution >= 4 is 63.6 Å². The first-order valence-corrected chi connectivity index (χ1v) is 26.9. The van der Waals surface area contributed by atoms with Crippen molar-refractivity contribution in [1.82, 2.24) is 41.7 Å². The normalized spacial score (nSPS) is 23.5. The lowest BCUT2D eigenvalue weighted by molar-refractivity contribution is -0.165. The van der Waals surface area contributed by atoms with E-state index >= 15 is 4.79 Å². The van der Waals surface area contributed by atoms with Crippen molar-refractivity contribution in [3.05, 3.63) is 107 Å². The van der Waals surface area contributed by atoms with E-state index in [4.69, 9.17) is 9.29 Å². The number of nitrogens with one attached hydrogen (secondary N) is 6. The summed E-state index contributed by atoms with van der Waals surface area (Å²) in [6.07, 6.45) is -5.11. The molecule has 11 N–H and O–H groups in total. The van der Waals surface area contributed by atoms with Crippen molar-refractivity contribution in [1.29, 1.82) is 0 Å². The maximum absolute atomic E-state index is 15.1. The number of nitrogens with zero attached hydrogens (tertiary/aromatic N) is 2. The number of allylic oxidation sites excluding steroid dienone is 1. The predicted molar refractivity (Wildman–Crippen MR) is 282 cm³/mol. The number of amides is 8. The van der Waals surface area contributed by atoms with E-state index < -0.39 is 143 Å². The maximum atomic E-state index is 15.1. The number of aromatic hydroxyl groups is 2. The molecule has 80 heavy (non-hydrogen) atoms. The van der Waals surface area contributed by atoms with Crippen LogP contribution in [0.3, 0.4) is 0 Å². The molecule has 2 heterocycles. The van der Waals surface area contributed by atoms with Crippen molar-refractivity contribution < 1.29 is 85.5 Å². The van der Waals surface area contributed by atoms with E-state index in [1.807, 2.05) is 0 Å². The maximum Gasteiger partial charge on any atom is 0.397 e. The van der Waals surface area contributed by atoms with E-state index in [1.54, 1.807) is 44.2 Å². The zero-order valence-electron chi connectivity index (χ0n) is 44.7. The summed E-state index contributed by atoms with van der Waals surface area (Å²) in [4.78, 5) is 130. The average molecular weight is 1140 g/mol. The van der Waals surface area contributed by atoms with Gasteiger partial charge in [0.05, 0.1) is 0 Å². The van der Waals surface area contributed by atoms with Gasteiger partial charge in [0.25, 0.3) is 17.7 Å². The molecular formula is C53H68N8O18S. The zero-order chi connectivity index (χ0) is 59.2. The minimum atomic E-state index is -5.06. The quantitative estimate of drug-likeness (QED) is 0.0434. The fourth-order valence-electron chi connectivity index (χ4n) is 8.76. The Balaban J connectivity index is 1.55. The van der Waals surface area contributed by atoms with Crippen molar-refractivity contribution in [2.75, 3.05) is 13.7 Å². The number of hydrogen-bond donors (Lipinski definition) is 11. The Bertz CT molecular complexity index is 2870. The van der Waals surface area contributed by atoms with Gasteiger partial charge in [-0.3, -0.25) is 42.9 Å². The molecule has 2 bridgehead atoms. The average Bonchev–Trinajstić information content (AvgIpc) is 3.45. The summed E-state index contributed by atoms with van der Waals surface area (Å²) < 4.78 is 40.7. The summed E-state index contributed by atoms with van der Waals surface area (Å²) in [7, 11) is -3.75. The van der Waals surface area contributed by atoms with Crippen LogP contribution in [-0.4, -0.2) is 171 Å². The smallest absolute Gasteiger partial charge is 0.397 e. The van der Waals surface area contributed by atoms with Crippen LogP contribution in [0.5, 0.6) is 11.5 Å². The number of rotatable bonds is 17. The Morgan fingerprint density at radius 1 is 0.787 bits per heavy atom. The van der Waals surface area contributed by atoms with Gasteiger partial charge in [-0.15, -0.1) is 0 Å². The molecule has 434 valence electrons. The number of aryl methyl sites for hydroxylation is 1. The fourth-order valence-corrected chi connectivity index (χ4v) is 9.06. The summed E-state index contributed by atoms with van der Waals surface area (Å²) in [6, 6.07) is 9.14. The highest BCUT2D eigenvalue weighted by Gasteiger charge is 2.45. The number of aliphatic hydroxyl groups excluding tert-OH is 2. The van der Waals surface area contributed by atoms with Crippen LogP contribution >= 0.6 is 0 Å². The number of ether oxygens (including phenoxy) is 1. The molecule has 5 rings (SSSR count). The van der Waals surface area contributed by atoms with Crippen LogP contribution in [0.4, 0.5) is 0 Å². The van der Waals surface area contributed by atoms with Crippen molar-refractivity contribution in [3.63, 3.8) is 0 Å². The molecule has 8 amide bonds. The van der Waals surface area contributed by atoms with Crippen LogP contribution in [0.15, 0.2) is 90.6 Å². The molecule has 10 unspecified atom stereocenters. The summed E-state index contributed by atoms with van der Waals surface area (Å²) in [6.45, 7) is 5.63. The third-order valence-electron chi connectivity index (χ3n) is 13.4. The standard InChI is InChI=1S/C53H68N8O18S/c1-7-36-46(67)57-38-23-24-42(65)61(51(38)72)40(26-32-11-9-8-10-12-32)52(73)60(6)39(25-33-15-20-35(63)21-16-33)48(69)58-43(28(2)3)53(74)79-30(5)44(50(71)55-36)59-47(68)37(22-17-31-13-18-34(62)19-14-31)56-45(66)29(4)54-49(70)41(64)27-78-80(75,76)77/h7-16,18-21,28-30,37-44,62-65H,17,22-27H2,1-6H3,(H,54,70)(H,55,71)(H,56,66)(H,57,67)(H,58,69)(H,59,68)(H,75,76,77). The van der Waals surface area contributed by atoms with E-state index in [9.17, 15) is 67.2 Å². The van der Waals surface area contributed by atoms with E-state index in [1.165, 1.54) is 75.5 Å². The van der Waals surface area contributed by atoms with E-state index in [0.717, 1.165) is 16.7 Å². The molecule has 3 aromatic rings. The number of esters is 1. The van der Waals surface area contributed by atoms with Crippen LogP contribution in [-0.2, 0) is 81.7 Å². The lowest BCUT2D eigenvalue weighted by Gasteiger charge is -2.43. The molecule has 0 saturated carbocycles. The first kappa shape index (κ1) is 62.9. The number of phenols is 2. The number of phenolic OH excluding ortho intramolecular Hbond substituents is 2. The number of aliphatic hydroxyl groups is 2. The van der Waals surface area contributed by atoms with E-state index in [2.05, 4.69) is 36.1 Å². The largest absolute Gasteiger partial charge is 0.508 e. The zero-order valence-corrected chi connectivity index (χ0v) is 45.5. The first-order chi connectivity index (χ1) is 37.7. The summed E-state index contributed by atoms with van der Waals surface area (Å²) in [5.74, 6) is -10.3. The molecule has 26 nitrogen and oxygen atoms in total. The highest BCUT2D eigenvalue weighted by Crippen LogP contribution is 2.26. The van der Waals surface area contributed by atoms with Crippen molar-refractivity contribution in [2.45, 2.75) is 134 Å². The molecule has 0 aromatic heterocycles. The van der Waals surface area contributed by atoms with Crippen molar-refractivity contribution in [2.24, 2.45) is 5.92 Å². The number of fused-ring (bicyclic) bond motifs is 2. The van der Waals surface area contributed by atoms with Gasteiger partial charge in [0, 0.05) is 19.9 Å². The minimum Gasteiger partial charge on any atom is -0.508 e. The minimum absolute atomic E-state index is 0.0288. The Labute approximate surface area is 461 Å². The molecule has 27 heteroatoms. The molecule has 3 aromatic carbocycles. The van der Waals surface area contributed by atoms with Gasteiger partial charge < -0.3 is 66.9 Å². The second-order valence-electron chi connectivity index (χ2n) is 19.6. The number of piperidine rings is 1. The predicted octanol–water partition coefficient (Wildman–Crippen LogP) is -1.10. The van der Waals surface area contributed by atoms with Gasteiger partial charge in [0.15, 0.2) is 6.10 Å². The molecule has 2 fully saturated rings. The lowest BCUT2D eigenvalue weighted by atomic mass is 9.95. The van der Waals surface area contributed by atoms with Gasteiger partial charge in [-0.05, 0) is 93.3 Å². The molecule has 0 radical (unpaired) electrons. The SMILES string of the molecule is CC=C1NC(=O)C(NC(=O)C(CCc2ccc(O)cc2)NC(=O)C(C)NC(=O)C(O)COS(=O)(=O)O)C(C)OC(=O)C(C(C)C)NC(=O)C(Cc2ccc(O)cc2)N(C)C(=O)C(Cc2ccccc2)N2C(=O)C(CCC2O)NC1=O. The Hall–Kier alpha value is -7.98. The third-order valence-corrected chi connectivity index (χ3v) is 13.8. The second-order valence-corrected chi connectivity index (χ2v) is 20.7. The lowest BCUT2D eigenvalue weighted by Crippen LogP contribution is -2.64. The number of hydrogen-bond acceptors (Lipinski definition) is 17. The molecule has 2 saturated heterocycles. The number of likely N-dealkylation sites (N-methyl/N-ethyl adjacent to an activating group) is 1. The Morgan fingerprint density at radius 3 is 1.96 bits per heavy atom. The van der Waals surface area contributed by atoms with Crippen LogP contribution in [0.1, 0.15) is 70.6 Å². The van der Waals surface area contributed by atoms with Gasteiger partial charge in [0.2, 0.25) is 29.5 Å². The molecule has 10 atom stereocenters.